The van der Waals surface area contributed by atoms with Gasteiger partial charge in [-0.05, 0) is 49.6 Å². The molecule has 6 heteroatoms. The van der Waals surface area contributed by atoms with Crippen molar-refractivity contribution in [2.75, 3.05) is 24.6 Å². The largest absolute Gasteiger partial charge is 0.384 e. The fourth-order valence-corrected chi connectivity index (χ4v) is 4.12. The number of nitrogens with two attached hydrogens (primary N) is 1. The lowest BCUT2D eigenvalue weighted by atomic mass is 10.0. The molecule has 0 radical (unpaired) electrons. The van der Waals surface area contributed by atoms with E-state index in [9.17, 15) is 0 Å². The van der Waals surface area contributed by atoms with E-state index in [2.05, 4.69) is 64.3 Å². The molecule has 2 aromatic heterocycles. The van der Waals surface area contributed by atoms with E-state index >= 15 is 0 Å². The number of aromatic nitrogens is 3. The second-order valence-electron chi connectivity index (χ2n) is 8.14. The topological polar surface area (TPSA) is 82.9 Å². The Morgan fingerprint density at radius 3 is 2.85 bits per heavy atom. The number of rotatable bonds is 5. The fraction of sp³-hybridized carbons (Fsp3) is 0.429. The van der Waals surface area contributed by atoms with Crippen LogP contribution in [0.5, 0.6) is 0 Å². The predicted octanol–water partition coefficient (Wildman–Crippen LogP) is 3.65. The van der Waals surface area contributed by atoms with Crippen molar-refractivity contribution in [1.82, 2.24) is 19.9 Å². The van der Waals surface area contributed by atoms with Crippen LogP contribution in [0.3, 0.4) is 0 Å². The third-order valence-electron chi connectivity index (χ3n) is 5.06. The lowest BCUT2D eigenvalue weighted by Gasteiger charge is -2.19. The average Bonchev–Trinajstić information content (AvgIpc) is 3.15. The molecule has 1 unspecified atom stereocenters. The van der Waals surface area contributed by atoms with E-state index in [1.165, 1.54) is 16.8 Å². The molecule has 0 aliphatic carbocycles. The zero-order valence-corrected chi connectivity index (χ0v) is 16.5. The quantitative estimate of drug-likeness (QED) is 0.644. The Labute approximate surface area is 160 Å². The number of pyridine rings is 1. The number of anilines is 2. The number of fused-ring (bicyclic) bond motifs is 2. The van der Waals surface area contributed by atoms with Gasteiger partial charge in [0.1, 0.15) is 11.6 Å². The summed E-state index contributed by atoms with van der Waals surface area (Å²) in [4.78, 5) is 14.5. The van der Waals surface area contributed by atoms with E-state index in [0.29, 0.717) is 17.4 Å². The van der Waals surface area contributed by atoms with Crippen LogP contribution in [-0.2, 0) is 13.0 Å². The molecule has 1 aliphatic rings. The van der Waals surface area contributed by atoms with Crippen LogP contribution in [0.15, 0.2) is 24.3 Å². The van der Waals surface area contributed by atoms with E-state index in [-0.39, 0.29) is 6.04 Å². The predicted molar refractivity (Wildman–Crippen MR) is 111 cm³/mol. The number of nitrogens with zero attached hydrogens (tertiary/aromatic N) is 3. The number of hydrogen-bond donors (Lipinski definition) is 3. The fourth-order valence-electron chi connectivity index (χ4n) is 4.12. The third-order valence-corrected chi connectivity index (χ3v) is 5.06. The molecule has 3 heterocycles. The van der Waals surface area contributed by atoms with Crippen molar-refractivity contribution < 1.29 is 0 Å². The van der Waals surface area contributed by atoms with Crippen LogP contribution in [0.25, 0.3) is 11.2 Å². The molecule has 0 fully saturated rings. The number of imidazole rings is 1. The SMILES string of the molecule is Cc1nc2nc(N)cc(C3Cc4cc(CN(C)CC(C)C)ccc4N3)c2[nH]1. The van der Waals surface area contributed by atoms with Gasteiger partial charge in [-0.1, -0.05) is 26.0 Å². The normalized spacial score (nSPS) is 16.3. The van der Waals surface area contributed by atoms with Crippen LogP contribution in [0.2, 0.25) is 0 Å². The second kappa shape index (κ2) is 6.85. The number of aromatic amines is 1. The first-order valence-corrected chi connectivity index (χ1v) is 9.58. The molecule has 1 aromatic carbocycles. The maximum absolute atomic E-state index is 6.03. The molecule has 3 aromatic rings. The maximum atomic E-state index is 6.03. The molecular weight excluding hydrogens is 336 g/mol. The molecule has 4 N–H and O–H groups in total. The summed E-state index contributed by atoms with van der Waals surface area (Å²) in [6, 6.07) is 8.90. The zero-order valence-electron chi connectivity index (χ0n) is 16.5. The van der Waals surface area contributed by atoms with Crippen LogP contribution < -0.4 is 11.1 Å². The summed E-state index contributed by atoms with van der Waals surface area (Å²) in [7, 11) is 2.19. The van der Waals surface area contributed by atoms with Gasteiger partial charge in [-0.3, -0.25) is 0 Å². The minimum Gasteiger partial charge on any atom is -0.384 e. The van der Waals surface area contributed by atoms with Crippen molar-refractivity contribution in [3.05, 3.63) is 46.8 Å². The summed E-state index contributed by atoms with van der Waals surface area (Å²) in [6.07, 6.45) is 0.938. The molecule has 142 valence electrons. The van der Waals surface area contributed by atoms with Crippen molar-refractivity contribution in [3.63, 3.8) is 0 Å². The molecule has 0 amide bonds. The summed E-state index contributed by atoms with van der Waals surface area (Å²) in [5, 5.41) is 3.65. The van der Waals surface area contributed by atoms with Crippen LogP contribution in [0, 0.1) is 12.8 Å². The number of nitrogens with one attached hydrogen (secondary N) is 2. The Balaban J connectivity index is 1.58. The summed E-state index contributed by atoms with van der Waals surface area (Å²) in [6.45, 7) is 8.53. The van der Waals surface area contributed by atoms with Crippen molar-refractivity contribution in [3.8, 4) is 0 Å². The summed E-state index contributed by atoms with van der Waals surface area (Å²) >= 11 is 0. The molecule has 1 atom stereocenters. The van der Waals surface area contributed by atoms with E-state index in [1.54, 1.807) is 0 Å². The number of benzene rings is 1. The Hall–Kier alpha value is -2.60. The average molecular weight is 364 g/mol. The standard InChI is InChI=1S/C21H28N6/c1-12(2)10-27(4)11-14-5-6-17-15(7-14)8-18(25-17)16-9-19(22)26-21-20(16)23-13(3)24-21/h5-7,9,12,18,25H,8,10-11H2,1-4H3,(H3,22,23,24,26). The minimum absolute atomic E-state index is 0.177. The molecule has 0 saturated carbocycles. The van der Waals surface area contributed by atoms with Gasteiger partial charge in [0, 0.05) is 24.3 Å². The van der Waals surface area contributed by atoms with Gasteiger partial charge in [-0.25, -0.2) is 9.97 Å². The van der Waals surface area contributed by atoms with Gasteiger partial charge in [-0.15, -0.1) is 0 Å². The highest BCUT2D eigenvalue weighted by molar-refractivity contribution is 5.79. The molecule has 0 spiro atoms. The lowest BCUT2D eigenvalue weighted by Crippen LogP contribution is -2.22. The first kappa shape index (κ1) is 17.8. The van der Waals surface area contributed by atoms with Crippen molar-refractivity contribution in [2.24, 2.45) is 5.92 Å². The molecule has 6 nitrogen and oxygen atoms in total. The van der Waals surface area contributed by atoms with E-state index in [0.717, 1.165) is 36.4 Å². The van der Waals surface area contributed by atoms with Crippen molar-refractivity contribution in [1.29, 1.82) is 0 Å². The number of hydrogen-bond acceptors (Lipinski definition) is 5. The summed E-state index contributed by atoms with van der Waals surface area (Å²) < 4.78 is 0. The van der Waals surface area contributed by atoms with Crippen LogP contribution in [-0.4, -0.2) is 33.4 Å². The Kier molecular flexibility index (Phi) is 4.52. The highest BCUT2D eigenvalue weighted by Gasteiger charge is 2.25. The molecule has 0 saturated heterocycles. The Morgan fingerprint density at radius 2 is 2.07 bits per heavy atom. The smallest absolute Gasteiger partial charge is 0.180 e. The lowest BCUT2D eigenvalue weighted by molar-refractivity contribution is 0.288. The van der Waals surface area contributed by atoms with E-state index < -0.39 is 0 Å². The first-order valence-electron chi connectivity index (χ1n) is 9.58. The first-order chi connectivity index (χ1) is 12.9. The van der Waals surface area contributed by atoms with Gasteiger partial charge in [0.05, 0.1) is 11.6 Å². The van der Waals surface area contributed by atoms with E-state index in [4.69, 9.17) is 5.73 Å². The Bertz CT molecular complexity index is 974. The highest BCUT2D eigenvalue weighted by atomic mass is 15.1. The third kappa shape index (κ3) is 3.62. The number of H-pyrrole nitrogens is 1. The van der Waals surface area contributed by atoms with Gasteiger partial charge in [0.2, 0.25) is 0 Å². The highest BCUT2D eigenvalue weighted by Crippen LogP contribution is 2.37. The van der Waals surface area contributed by atoms with E-state index in [1.807, 2.05) is 13.0 Å². The number of nitrogen functional groups attached to an aromatic ring is 1. The van der Waals surface area contributed by atoms with Crippen LogP contribution >= 0.6 is 0 Å². The van der Waals surface area contributed by atoms with Gasteiger partial charge >= 0.3 is 0 Å². The maximum Gasteiger partial charge on any atom is 0.180 e. The van der Waals surface area contributed by atoms with Gasteiger partial charge in [-0.2, -0.15) is 0 Å². The van der Waals surface area contributed by atoms with Crippen molar-refractivity contribution >= 4 is 22.7 Å². The van der Waals surface area contributed by atoms with Crippen LogP contribution in [0.4, 0.5) is 11.5 Å². The van der Waals surface area contributed by atoms with Crippen molar-refractivity contribution in [2.45, 2.75) is 39.8 Å². The summed E-state index contributed by atoms with van der Waals surface area (Å²) in [5.74, 6) is 2.04. The Morgan fingerprint density at radius 1 is 1.26 bits per heavy atom. The summed E-state index contributed by atoms with van der Waals surface area (Å²) in [5.41, 5.74) is 12.7. The second-order valence-corrected chi connectivity index (χ2v) is 8.14. The molecule has 4 rings (SSSR count). The molecule has 1 aliphatic heterocycles. The van der Waals surface area contributed by atoms with Gasteiger partial charge in [0.15, 0.2) is 5.65 Å². The number of aryl methyl sites for hydroxylation is 1. The molecule has 0 bridgehead atoms. The zero-order chi connectivity index (χ0) is 19.1. The molecular formula is C21H28N6. The van der Waals surface area contributed by atoms with Crippen LogP contribution in [0.1, 0.15) is 42.4 Å². The van der Waals surface area contributed by atoms with Gasteiger partial charge < -0.3 is 20.9 Å². The minimum atomic E-state index is 0.177. The van der Waals surface area contributed by atoms with Gasteiger partial charge in [0.25, 0.3) is 0 Å². The monoisotopic (exact) mass is 364 g/mol. The molecule has 27 heavy (non-hydrogen) atoms.